The molecule has 0 fully saturated rings. The fourth-order valence-corrected chi connectivity index (χ4v) is 7.39. The zero-order chi connectivity index (χ0) is 26.9. The Hall–Kier alpha value is -3.99. The molecule has 11 heteroatoms. The molecule has 1 atom stereocenters. The van der Waals surface area contributed by atoms with E-state index in [1.807, 2.05) is 24.3 Å². The van der Waals surface area contributed by atoms with Gasteiger partial charge in [0, 0.05) is 29.1 Å². The largest absolute Gasteiger partial charge is 0.450 e. The molecule has 0 aliphatic carbocycles. The number of hydrogen-bond donors (Lipinski definition) is 0. The number of likely N-dealkylation sites (N-methyl/N-ethyl adjacent to an activating group) is 1. The SMILES string of the molecule is CN1C(=O)C2(c3ccccc31)c1c(oc3ccccc3c1=O)C(=O)N2c1nnc(SCc2cccc(Cl)c2)s1. The van der Waals surface area contributed by atoms with Gasteiger partial charge < -0.3 is 9.32 Å². The van der Waals surface area contributed by atoms with Gasteiger partial charge in [-0.05, 0) is 35.9 Å². The second-order valence-electron chi connectivity index (χ2n) is 9.13. The Bertz CT molecular complexity index is 1900. The van der Waals surface area contributed by atoms with E-state index in [1.54, 1.807) is 55.6 Å². The van der Waals surface area contributed by atoms with Crippen LogP contribution in [0.25, 0.3) is 11.0 Å². The molecular formula is C28H17ClN4O4S2. The molecule has 192 valence electrons. The minimum Gasteiger partial charge on any atom is -0.450 e. The first kappa shape index (κ1) is 24.1. The molecule has 7 rings (SSSR count). The van der Waals surface area contributed by atoms with Crippen molar-refractivity contribution in [2.75, 3.05) is 16.8 Å². The van der Waals surface area contributed by atoms with E-state index in [2.05, 4.69) is 10.2 Å². The highest BCUT2D eigenvalue weighted by Gasteiger charge is 2.66. The average molecular weight is 573 g/mol. The fraction of sp³-hybridized carbons (Fsp3) is 0.107. The number of benzene rings is 3. The van der Waals surface area contributed by atoms with Crippen molar-refractivity contribution in [3.05, 3.63) is 110 Å². The van der Waals surface area contributed by atoms with E-state index in [4.69, 9.17) is 16.0 Å². The Balaban J connectivity index is 1.42. The molecule has 1 unspecified atom stereocenters. The first-order valence-corrected chi connectivity index (χ1v) is 14.1. The van der Waals surface area contributed by atoms with Crippen LogP contribution >= 0.6 is 34.7 Å². The lowest BCUT2D eigenvalue weighted by Crippen LogP contribution is -2.53. The maximum absolute atomic E-state index is 14.2. The number of carbonyl (C=O) groups is 2. The normalized spacial score (nSPS) is 17.9. The molecular weight excluding hydrogens is 556 g/mol. The van der Waals surface area contributed by atoms with E-state index in [9.17, 15) is 14.4 Å². The molecule has 2 aliphatic heterocycles. The minimum atomic E-state index is -1.77. The molecule has 2 aliphatic rings. The monoisotopic (exact) mass is 572 g/mol. The number of nitrogens with zero attached hydrogens (tertiary/aromatic N) is 4. The highest BCUT2D eigenvalue weighted by atomic mass is 35.5. The molecule has 0 bridgehead atoms. The van der Waals surface area contributed by atoms with Crippen LogP contribution in [0.1, 0.15) is 27.2 Å². The number of anilines is 2. The third-order valence-electron chi connectivity index (χ3n) is 7.00. The van der Waals surface area contributed by atoms with Crippen LogP contribution in [0.3, 0.4) is 0 Å². The van der Waals surface area contributed by atoms with E-state index in [1.165, 1.54) is 32.9 Å². The summed E-state index contributed by atoms with van der Waals surface area (Å²) < 4.78 is 6.63. The number of halogens is 1. The summed E-state index contributed by atoms with van der Waals surface area (Å²) in [4.78, 5) is 45.0. The van der Waals surface area contributed by atoms with Crippen LogP contribution in [-0.4, -0.2) is 29.1 Å². The van der Waals surface area contributed by atoms with Crippen LogP contribution in [0.5, 0.6) is 0 Å². The van der Waals surface area contributed by atoms with Crippen LogP contribution < -0.4 is 15.2 Å². The highest BCUT2D eigenvalue weighted by molar-refractivity contribution is 8.00. The number of carbonyl (C=O) groups excluding carboxylic acids is 2. The zero-order valence-electron chi connectivity index (χ0n) is 20.3. The Morgan fingerprint density at radius 2 is 1.79 bits per heavy atom. The average Bonchev–Trinajstić information content (AvgIpc) is 3.58. The number of amides is 2. The second-order valence-corrected chi connectivity index (χ2v) is 11.7. The van der Waals surface area contributed by atoms with Gasteiger partial charge in [0.25, 0.3) is 11.8 Å². The number of para-hydroxylation sites is 2. The van der Waals surface area contributed by atoms with Crippen molar-refractivity contribution in [3.63, 3.8) is 0 Å². The summed E-state index contributed by atoms with van der Waals surface area (Å²) >= 11 is 8.73. The van der Waals surface area contributed by atoms with Crippen LogP contribution in [-0.2, 0) is 16.1 Å². The third-order valence-corrected chi connectivity index (χ3v) is 9.35. The smallest absolute Gasteiger partial charge is 0.297 e. The van der Waals surface area contributed by atoms with Gasteiger partial charge in [-0.1, -0.05) is 77.2 Å². The standard InChI is InChI=1S/C28H17ClN4O4S2/c1-32-19-11-4-3-10-18(19)28(25(32)36)21-22(34)17-9-2-5-12-20(17)37-23(21)24(35)33(28)26-30-31-27(39-26)38-14-15-7-6-8-16(29)13-15/h2-13H,14H2,1H3. The Morgan fingerprint density at radius 1 is 1.00 bits per heavy atom. The van der Waals surface area contributed by atoms with Crippen LogP contribution in [0, 0.1) is 0 Å². The topological polar surface area (TPSA) is 96.6 Å². The molecule has 39 heavy (non-hydrogen) atoms. The van der Waals surface area contributed by atoms with E-state index < -0.39 is 22.8 Å². The molecule has 5 aromatic rings. The Morgan fingerprint density at radius 3 is 2.64 bits per heavy atom. The van der Waals surface area contributed by atoms with Crippen LogP contribution in [0.15, 0.2) is 86.3 Å². The molecule has 2 amide bonds. The summed E-state index contributed by atoms with van der Waals surface area (Å²) in [5.74, 6) is -0.638. The van der Waals surface area contributed by atoms with Gasteiger partial charge in [0.15, 0.2) is 15.3 Å². The molecule has 4 heterocycles. The van der Waals surface area contributed by atoms with Crippen molar-refractivity contribution >= 4 is 68.3 Å². The van der Waals surface area contributed by atoms with Gasteiger partial charge in [0.05, 0.1) is 10.9 Å². The van der Waals surface area contributed by atoms with Gasteiger partial charge >= 0.3 is 0 Å². The quantitative estimate of drug-likeness (QED) is 0.208. The maximum atomic E-state index is 14.2. The van der Waals surface area contributed by atoms with E-state index in [-0.39, 0.29) is 22.0 Å². The van der Waals surface area contributed by atoms with Gasteiger partial charge in [-0.2, -0.15) is 0 Å². The lowest BCUT2D eigenvalue weighted by atomic mass is 9.84. The molecule has 3 aromatic carbocycles. The second kappa shape index (κ2) is 8.77. The van der Waals surface area contributed by atoms with Crippen molar-refractivity contribution in [2.45, 2.75) is 15.6 Å². The zero-order valence-corrected chi connectivity index (χ0v) is 22.6. The number of thioether (sulfide) groups is 1. The van der Waals surface area contributed by atoms with Gasteiger partial charge in [-0.15, -0.1) is 10.2 Å². The molecule has 8 nitrogen and oxygen atoms in total. The molecule has 0 radical (unpaired) electrons. The molecule has 2 aromatic heterocycles. The summed E-state index contributed by atoms with van der Waals surface area (Å²) in [7, 11) is 1.63. The van der Waals surface area contributed by atoms with Crippen molar-refractivity contribution in [1.82, 2.24) is 10.2 Å². The van der Waals surface area contributed by atoms with Crippen molar-refractivity contribution in [2.24, 2.45) is 0 Å². The van der Waals surface area contributed by atoms with Crippen molar-refractivity contribution in [1.29, 1.82) is 0 Å². The number of rotatable bonds is 4. The molecule has 0 saturated heterocycles. The number of aromatic nitrogens is 2. The lowest BCUT2D eigenvalue weighted by molar-refractivity contribution is -0.121. The van der Waals surface area contributed by atoms with E-state index >= 15 is 0 Å². The first-order chi connectivity index (χ1) is 18.9. The number of fused-ring (bicyclic) bond motifs is 5. The summed E-state index contributed by atoms with van der Waals surface area (Å²) in [5.41, 5.74) is 0.188. The Kier molecular flexibility index (Phi) is 5.41. The van der Waals surface area contributed by atoms with Crippen molar-refractivity contribution < 1.29 is 14.0 Å². The predicted octanol–water partition coefficient (Wildman–Crippen LogP) is 5.47. The molecule has 1 spiro atoms. The van der Waals surface area contributed by atoms with E-state index in [0.717, 1.165) is 5.56 Å². The Labute approximate surface area is 234 Å². The minimum absolute atomic E-state index is 0.00340. The number of hydrogen-bond acceptors (Lipinski definition) is 8. The van der Waals surface area contributed by atoms with Gasteiger partial charge in [0.1, 0.15) is 5.58 Å². The summed E-state index contributed by atoms with van der Waals surface area (Å²) in [6.07, 6.45) is 0. The molecule has 0 saturated carbocycles. The third kappa shape index (κ3) is 3.35. The van der Waals surface area contributed by atoms with Gasteiger partial charge in [-0.3, -0.25) is 19.3 Å². The van der Waals surface area contributed by atoms with Crippen molar-refractivity contribution in [3.8, 4) is 0 Å². The summed E-state index contributed by atoms with van der Waals surface area (Å²) in [6.45, 7) is 0. The van der Waals surface area contributed by atoms with Gasteiger partial charge in [0.2, 0.25) is 10.9 Å². The van der Waals surface area contributed by atoms with Gasteiger partial charge in [-0.25, -0.2) is 0 Å². The fourth-order valence-electron chi connectivity index (χ4n) is 5.34. The van der Waals surface area contributed by atoms with Crippen LogP contribution in [0.4, 0.5) is 10.8 Å². The van der Waals surface area contributed by atoms with E-state index in [0.29, 0.717) is 31.8 Å². The van der Waals surface area contributed by atoms with Crippen LogP contribution in [0.2, 0.25) is 5.02 Å². The molecule has 0 N–H and O–H groups in total. The lowest BCUT2D eigenvalue weighted by Gasteiger charge is -2.31. The highest BCUT2D eigenvalue weighted by Crippen LogP contribution is 2.54. The summed E-state index contributed by atoms with van der Waals surface area (Å²) in [6, 6.07) is 21.4. The predicted molar refractivity (Wildman–Crippen MR) is 151 cm³/mol. The summed E-state index contributed by atoms with van der Waals surface area (Å²) in [5, 5.41) is 9.75. The first-order valence-electron chi connectivity index (χ1n) is 11.9. The maximum Gasteiger partial charge on any atom is 0.297 e.